The van der Waals surface area contributed by atoms with Gasteiger partial charge >= 0.3 is 0 Å². The van der Waals surface area contributed by atoms with Crippen LogP contribution in [-0.4, -0.2) is 19.0 Å². The van der Waals surface area contributed by atoms with E-state index in [9.17, 15) is 4.79 Å². The van der Waals surface area contributed by atoms with Gasteiger partial charge in [-0.1, -0.05) is 11.6 Å². The number of halogens is 2. The number of carbonyl (C=O) groups excluding carboxylic acids is 1. The van der Waals surface area contributed by atoms with Crippen LogP contribution < -0.4 is 10.6 Å². The standard InChI is InChI=1S/C12H14BrClN2O/c13-10-2-1-9(14)6-11(10)16-12(17)5-8-3-4-15-7-8/h1-2,6,8,15H,3-5,7H2,(H,16,17). The molecule has 92 valence electrons. The third-order valence-electron chi connectivity index (χ3n) is 2.84. The summed E-state index contributed by atoms with van der Waals surface area (Å²) in [7, 11) is 0. The van der Waals surface area contributed by atoms with Crippen LogP contribution in [0.2, 0.25) is 5.02 Å². The molecule has 1 aliphatic rings. The van der Waals surface area contributed by atoms with Crippen LogP contribution >= 0.6 is 27.5 Å². The van der Waals surface area contributed by atoms with Crippen LogP contribution in [0.15, 0.2) is 22.7 Å². The Morgan fingerprint density at radius 2 is 2.41 bits per heavy atom. The van der Waals surface area contributed by atoms with Crippen LogP contribution in [0.4, 0.5) is 5.69 Å². The van der Waals surface area contributed by atoms with Crippen LogP contribution in [0.1, 0.15) is 12.8 Å². The molecule has 17 heavy (non-hydrogen) atoms. The van der Waals surface area contributed by atoms with Gasteiger partial charge in [0.1, 0.15) is 0 Å². The molecule has 1 atom stereocenters. The fourth-order valence-corrected chi connectivity index (χ4v) is 2.46. The van der Waals surface area contributed by atoms with Crippen molar-refractivity contribution in [3.8, 4) is 0 Å². The number of carbonyl (C=O) groups is 1. The summed E-state index contributed by atoms with van der Waals surface area (Å²) in [4.78, 5) is 11.8. The van der Waals surface area contributed by atoms with E-state index in [1.807, 2.05) is 6.07 Å². The summed E-state index contributed by atoms with van der Waals surface area (Å²) in [6, 6.07) is 5.35. The lowest BCUT2D eigenvalue weighted by atomic mass is 10.0. The van der Waals surface area contributed by atoms with E-state index in [0.29, 0.717) is 17.4 Å². The van der Waals surface area contributed by atoms with Crippen LogP contribution in [0.5, 0.6) is 0 Å². The molecular weight excluding hydrogens is 304 g/mol. The maximum atomic E-state index is 11.8. The molecule has 0 aliphatic carbocycles. The number of hydrogen-bond donors (Lipinski definition) is 2. The maximum absolute atomic E-state index is 11.8. The molecule has 3 nitrogen and oxygen atoms in total. The van der Waals surface area contributed by atoms with Crippen molar-refractivity contribution in [3.63, 3.8) is 0 Å². The Kier molecular flexibility index (Phi) is 4.42. The second kappa shape index (κ2) is 5.85. The van der Waals surface area contributed by atoms with Crippen molar-refractivity contribution in [1.29, 1.82) is 0 Å². The first-order chi connectivity index (χ1) is 8.15. The van der Waals surface area contributed by atoms with Crippen LogP contribution in [-0.2, 0) is 4.79 Å². The van der Waals surface area contributed by atoms with Crippen molar-refractivity contribution in [2.75, 3.05) is 18.4 Å². The molecule has 0 bridgehead atoms. The van der Waals surface area contributed by atoms with Crippen molar-refractivity contribution in [1.82, 2.24) is 5.32 Å². The monoisotopic (exact) mass is 316 g/mol. The molecule has 1 saturated heterocycles. The Bertz CT molecular complexity index is 419. The van der Waals surface area contributed by atoms with Crippen molar-refractivity contribution < 1.29 is 4.79 Å². The number of benzene rings is 1. The second-order valence-corrected chi connectivity index (χ2v) is 5.53. The van der Waals surface area contributed by atoms with E-state index in [2.05, 4.69) is 26.6 Å². The summed E-state index contributed by atoms with van der Waals surface area (Å²) in [6.45, 7) is 1.95. The van der Waals surface area contributed by atoms with E-state index in [0.717, 1.165) is 29.7 Å². The highest BCUT2D eigenvalue weighted by Gasteiger charge is 2.18. The molecule has 1 amide bonds. The minimum atomic E-state index is 0.0432. The van der Waals surface area contributed by atoms with Gasteiger partial charge < -0.3 is 10.6 Å². The summed E-state index contributed by atoms with van der Waals surface area (Å²) < 4.78 is 0.847. The topological polar surface area (TPSA) is 41.1 Å². The highest BCUT2D eigenvalue weighted by molar-refractivity contribution is 9.10. The molecule has 5 heteroatoms. The van der Waals surface area contributed by atoms with Crippen LogP contribution in [0.3, 0.4) is 0 Å². The molecule has 2 rings (SSSR count). The van der Waals surface area contributed by atoms with E-state index in [1.54, 1.807) is 12.1 Å². The highest BCUT2D eigenvalue weighted by atomic mass is 79.9. The second-order valence-electron chi connectivity index (χ2n) is 4.24. The van der Waals surface area contributed by atoms with Gasteiger partial charge in [-0.25, -0.2) is 0 Å². The number of nitrogens with one attached hydrogen (secondary N) is 2. The SMILES string of the molecule is O=C(CC1CCNC1)Nc1cc(Cl)ccc1Br. The smallest absolute Gasteiger partial charge is 0.224 e. The van der Waals surface area contributed by atoms with Gasteiger partial charge in [0.15, 0.2) is 0 Å². The lowest BCUT2D eigenvalue weighted by molar-refractivity contribution is -0.116. The molecule has 1 aliphatic heterocycles. The number of rotatable bonds is 3. The van der Waals surface area contributed by atoms with Gasteiger partial charge in [-0.2, -0.15) is 0 Å². The minimum Gasteiger partial charge on any atom is -0.325 e. The fraction of sp³-hybridized carbons (Fsp3) is 0.417. The lowest BCUT2D eigenvalue weighted by Crippen LogP contribution is -2.18. The van der Waals surface area contributed by atoms with Crippen LogP contribution in [0, 0.1) is 5.92 Å². The normalized spacial score (nSPS) is 19.3. The summed E-state index contributed by atoms with van der Waals surface area (Å²) in [5.41, 5.74) is 0.730. The van der Waals surface area contributed by atoms with Crippen molar-refractivity contribution >= 4 is 39.1 Å². The largest absolute Gasteiger partial charge is 0.325 e. The zero-order valence-corrected chi connectivity index (χ0v) is 11.6. The van der Waals surface area contributed by atoms with E-state index in [-0.39, 0.29) is 5.91 Å². The van der Waals surface area contributed by atoms with Gasteiger partial charge in [0.2, 0.25) is 5.91 Å². The Morgan fingerprint density at radius 3 is 3.12 bits per heavy atom. The van der Waals surface area contributed by atoms with E-state index >= 15 is 0 Å². The Balaban J connectivity index is 1.95. The van der Waals surface area contributed by atoms with Gasteiger partial charge in [0.25, 0.3) is 0 Å². The molecule has 1 aromatic rings. The van der Waals surface area contributed by atoms with Crippen molar-refractivity contribution in [2.45, 2.75) is 12.8 Å². The van der Waals surface area contributed by atoms with Crippen molar-refractivity contribution in [2.24, 2.45) is 5.92 Å². The third-order valence-corrected chi connectivity index (χ3v) is 3.77. The number of amides is 1. The predicted octanol–water partition coefficient (Wildman–Crippen LogP) is 3.04. The molecule has 1 aromatic carbocycles. The average Bonchev–Trinajstić information content (AvgIpc) is 2.76. The minimum absolute atomic E-state index is 0.0432. The molecule has 2 N–H and O–H groups in total. The maximum Gasteiger partial charge on any atom is 0.224 e. The first-order valence-corrected chi connectivity index (χ1v) is 6.78. The molecule has 0 spiro atoms. The number of hydrogen-bond acceptors (Lipinski definition) is 2. The molecule has 0 radical (unpaired) electrons. The van der Waals surface area contributed by atoms with Gasteiger partial charge in [-0.05, 0) is 59.6 Å². The van der Waals surface area contributed by atoms with Gasteiger partial charge in [-0.3, -0.25) is 4.79 Å². The van der Waals surface area contributed by atoms with Gasteiger partial charge in [-0.15, -0.1) is 0 Å². The van der Waals surface area contributed by atoms with Crippen LogP contribution in [0.25, 0.3) is 0 Å². The van der Waals surface area contributed by atoms with Gasteiger partial charge in [0, 0.05) is 15.9 Å². The zero-order chi connectivity index (χ0) is 12.3. The molecule has 1 heterocycles. The quantitative estimate of drug-likeness (QED) is 0.899. The zero-order valence-electron chi connectivity index (χ0n) is 9.30. The fourth-order valence-electron chi connectivity index (χ4n) is 1.95. The van der Waals surface area contributed by atoms with E-state index in [1.165, 1.54) is 0 Å². The highest BCUT2D eigenvalue weighted by Crippen LogP contribution is 2.26. The first-order valence-electron chi connectivity index (χ1n) is 5.61. The molecular formula is C12H14BrClN2O. The molecule has 0 aromatic heterocycles. The summed E-state index contributed by atoms with van der Waals surface area (Å²) in [6.07, 6.45) is 1.64. The first kappa shape index (κ1) is 12.9. The predicted molar refractivity (Wildman–Crippen MR) is 73.4 cm³/mol. The van der Waals surface area contributed by atoms with E-state index < -0.39 is 0 Å². The number of anilines is 1. The van der Waals surface area contributed by atoms with Crippen molar-refractivity contribution in [3.05, 3.63) is 27.7 Å². The van der Waals surface area contributed by atoms with E-state index in [4.69, 9.17) is 11.6 Å². The lowest BCUT2D eigenvalue weighted by Gasteiger charge is -2.10. The molecule has 0 saturated carbocycles. The Morgan fingerprint density at radius 1 is 1.59 bits per heavy atom. The molecule has 1 unspecified atom stereocenters. The Labute approximate surface area is 114 Å². The summed E-state index contributed by atoms with van der Waals surface area (Å²) in [5, 5.41) is 6.75. The average molecular weight is 318 g/mol. The summed E-state index contributed by atoms with van der Waals surface area (Å²) >= 11 is 9.27. The third kappa shape index (κ3) is 3.69. The molecule has 1 fully saturated rings. The van der Waals surface area contributed by atoms with Gasteiger partial charge in [0.05, 0.1) is 5.69 Å². The summed E-state index contributed by atoms with van der Waals surface area (Å²) in [5.74, 6) is 0.495. The Hall–Kier alpha value is -0.580.